The van der Waals surface area contributed by atoms with Crippen LogP contribution in [0.25, 0.3) is 22.0 Å². The van der Waals surface area contributed by atoms with Gasteiger partial charge in [-0.1, -0.05) is 12.1 Å². The molecule has 0 atom stereocenters. The molecular weight excluding hydrogens is 412 g/mol. The van der Waals surface area contributed by atoms with Gasteiger partial charge < -0.3 is 10.6 Å². The lowest BCUT2D eigenvalue weighted by Gasteiger charge is -2.13. The van der Waals surface area contributed by atoms with Crippen LogP contribution >= 0.6 is 0 Å². The van der Waals surface area contributed by atoms with Crippen molar-refractivity contribution < 1.29 is 13.6 Å². The van der Waals surface area contributed by atoms with E-state index < -0.39 is 11.8 Å². The number of anilines is 2. The molecule has 1 amide bonds. The molecule has 162 valence electrons. The predicted octanol–water partition coefficient (Wildman–Crippen LogP) is 5.41. The van der Waals surface area contributed by atoms with Crippen LogP contribution in [-0.2, 0) is 5.92 Å². The lowest BCUT2D eigenvalue weighted by molar-refractivity contribution is 0.0174. The summed E-state index contributed by atoms with van der Waals surface area (Å²) in [5.74, 6) is -2.79. The molecule has 0 bridgehead atoms. The second-order valence-corrected chi connectivity index (χ2v) is 7.52. The smallest absolute Gasteiger partial charge is 0.270 e. The first-order chi connectivity index (χ1) is 15.2. The fourth-order valence-corrected chi connectivity index (χ4v) is 3.34. The minimum absolute atomic E-state index is 0.143. The Hall–Kier alpha value is -3.94. The molecule has 0 saturated heterocycles. The molecule has 3 aromatic heterocycles. The normalized spacial score (nSPS) is 11.4. The number of benzene rings is 1. The lowest BCUT2D eigenvalue weighted by Crippen LogP contribution is -2.14. The maximum absolute atomic E-state index is 13.6. The SMILES string of the molecule is CNc1cc2ncc(-c3cc(NC(=O)c4cccc(C(C)(F)F)c4)cnc3C)cc2cn1. The van der Waals surface area contributed by atoms with E-state index in [0.29, 0.717) is 5.69 Å². The third-order valence-corrected chi connectivity index (χ3v) is 5.11. The largest absolute Gasteiger partial charge is 0.373 e. The highest BCUT2D eigenvalue weighted by molar-refractivity contribution is 6.04. The number of hydrogen-bond donors (Lipinski definition) is 2. The van der Waals surface area contributed by atoms with E-state index in [4.69, 9.17) is 0 Å². The molecule has 4 aromatic rings. The Bertz CT molecular complexity index is 1320. The minimum atomic E-state index is -3.03. The highest BCUT2D eigenvalue weighted by Gasteiger charge is 2.25. The van der Waals surface area contributed by atoms with E-state index >= 15 is 0 Å². The molecule has 6 nitrogen and oxygen atoms in total. The van der Waals surface area contributed by atoms with Gasteiger partial charge in [0.05, 0.1) is 17.4 Å². The Balaban J connectivity index is 1.63. The number of aryl methyl sites for hydroxylation is 1. The first kappa shape index (κ1) is 21.3. The van der Waals surface area contributed by atoms with Crippen LogP contribution in [-0.4, -0.2) is 27.9 Å². The average molecular weight is 433 g/mol. The van der Waals surface area contributed by atoms with E-state index in [9.17, 15) is 13.6 Å². The number of pyridine rings is 3. The van der Waals surface area contributed by atoms with E-state index in [0.717, 1.165) is 40.5 Å². The molecule has 2 N–H and O–H groups in total. The van der Waals surface area contributed by atoms with Crippen LogP contribution in [0.15, 0.2) is 61.1 Å². The quantitative estimate of drug-likeness (QED) is 0.440. The van der Waals surface area contributed by atoms with Crippen LogP contribution in [0.4, 0.5) is 20.3 Å². The third-order valence-electron chi connectivity index (χ3n) is 5.11. The average Bonchev–Trinajstić information content (AvgIpc) is 2.79. The van der Waals surface area contributed by atoms with Gasteiger partial charge in [-0.05, 0) is 31.2 Å². The van der Waals surface area contributed by atoms with E-state index in [2.05, 4.69) is 25.6 Å². The topological polar surface area (TPSA) is 79.8 Å². The number of fused-ring (bicyclic) bond motifs is 1. The van der Waals surface area contributed by atoms with Gasteiger partial charge in [0.2, 0.25) is 0 Å². The summed E-state index contributed by atoms with van der Waals surface area (Å²) in [5.41, 5.74) is 3.56. The summed E-state index contributed by atoms with van der Waals surface area (Å²) in [7, 11) is 1.79. The molecule has 4 rings (SSSR count). The van der Waals surface area contributed by atoms with Gasteiger partial charge in [-0.25, -0.2) is 13.8 Å². The molecule has 0 spiro atoms. The van der Waals surface area contributed by atoms with Gasteiger partial charge in [-0.15, -0.1) is 0 Å². The summed E-state index contributed by atoms with van der Waals surface area (Å²) in [6.07, 6.45) is 5.01. The van der Waals surface area contributed by atoms with Gasteiger partial charge in [0.15, 0.2) is 0 Å². The Labute approximate surface area is 183 Å². The van der Waals surface area contributed by atoms with Gasteiger partial charge in [-0.2, -0.15) is 0 Å². The fraction of sp³-hybridized carbons (Fsp3) is 0.167. The number of halogens is 2. The molecule has 0 unspecified atom stereocenters. The molecule has 32 heavy (non-hydrogen) atoms. The van der Waals surface area contributed by atoms with Crippen molar-refractivity contribution in [3.05, 3.63) is 77.9 Å². The number of aromatic nitrogens is 3. The number of hydrogen-bond acceptors (Lipinski definition) is 5. The van der Waals surface area contributed by atoms with E-state index in [1.54, 1.807) is 25.5 Å². The van der Waals surface area contributed by atoms with Crippen LogP contribution < -0.4 is 10.6 Å². The number of amides is 1. The minimum Gasteiger partial charge on any atom is -0.373 e. The summed E-state index contributed by atoms with van der Waals surface area (Å²) in [5, 5.41) is 6.59. The maximum Gasteiger partial charge on any atom is 0.270 e. The number of carbonyl (C=O) groups excluding carboxylic acids is 1. The molecule has 0 radical (unpaired) electrons. The summed E-state index contributed by atoms with van der Waals surface area (Å²) >= 11 is 0. The van der Waals surface area contributed by atoms with Crippen LogP contribution in [0, 0.1) is 6.92 Å². The summed E-state index contributed by atoms with van der Waals surface area (Å²) in [6.45, 7) is 2.66. The number of nitrogens with zero attached hydrogens (tertiary/aromatic N) is 3. The third kappa shape index (κ3) is 4.39. The molecular formula is C24H21F2N5O. The number of nitrogens with one attached hydrogen (secondary N) is 2. The second-order valence-electron chi connectivity index (χ2n) is 7.52. The zero-order valence-electron chi connectivity index (χ0n) is 17.8. The van der Waals surface area contributed by atoms with Crippen molar-refractivity contribution in [3.8, 4) is 11.1 Å². The summed E-state index contributed by atoms with van der Waals surface area (Å²) < 4.78 is 27.2. The van der Waals surface area contributed by atoms with Crippen molar-refractivity contribution in [1.29, 1.82) is 0 Å². The first-order valence-corrected chi connectivity index (χ1v) is 9.95. The molecule has 0 aliphatic rings. The fourth-order valence-electron chi connectivity index (χ4n) is 3.34. The van der Waals surface area contributed by atoms with Crippen LogP contribution in [0.3, 0.4) is 0 Å². The molecule has 0 saturated carbocycles. The van der Waals surface area contributed by atoms with Crippen LogP contribution in [0.5, 0.6) is 0 Å². The first-order valence-electron chi connectivity index (χ1n) is 9.95. The van der Waals surface area contributed by atoms with Crippen LogP contribution in [0.2, 0.25) is 0 Å². The molecule has 8 heteroatoms. The molecule has 0 aliphatic heterocycles. The standard InChI is InChI=1S/C24H21F2N5O/c1-14-20(16-7-17-12-30-22(27-3)10-21(17)29-11-16)9-19(13-28-14)31-23(32)15-5-4-6-18(8-15)24(2,25)26/h4-13H,1-3H3,(H,27,30)(H,31,32). The van der Waals surface area contributed by atoms with Crippen molar-refractivity contribution in [1.82, 2.24) is 15.0 Å². The van der Waals surface area contributed by atoms with Crippen molar-refractivity contribution >= 4 is 28.3 Å². The van der Waals surface area contributed by atoms with Crippen LogP contribution in [0.1, 0.15) is 28.5 Å². The molecule has 3 heterocycles. The Morgan fingerprint density at radius 3 is 2.56 bits per heavy atom. The summed E-state index contributed by atoms with van der Waals surface area (Å²) in [6, 6.07) is 11.0. The maximum atomic E-state index is 13.6. The van der Waals surface area contributed by atoms with E-state index in [1.165, 1.54) is 30.5 Å². The highest BCUT2D eigenvalue weighted by Crippen LogP contribution is 2.29. The van der Waals surface area contributed by atoms with Gasteiger partial charge in [0, 0.05) is 65.8 Å². The van der Waals surface area contributed by atoms with Gasteiger partial charge in [0.25, 0.3) is 11.8 Å². The second kappa shape index (κ2) is 8.30. The monoisotopic (exact) mass is 433 g/mol. The molecule has 0 fully saturated rings. The van der Waals surface area contributed by atoms with E-state index in [1.807, 2.05) is 19.1 Å². The zero-order valence-corrected chi connectivity index (χ0v) is 17.8. The van der Waals surface area contributed by atoms with Crippen molar-refractivity contribution in [2.75, 3.05) is 17.7 Å². The molecule has 1 aromatic carbocycles. The Morgan fingerprint density at radius 2 is 1.81 bits per heavy atom. The Morgan fingerprint density at radius 1 is 1.00 bits per heavy atom. The van der Waals surface area contributed by atoms with E-state index in [-0.39, 0.29) is 11.1 Å². The number of carbonyl (C=O) groups is 1. The zero-order chi connectivity index (χ0) is 22.9. The Kier molecular flexibility index (Phi) is 5.52. The van der Waals surface area contributed by atoms with Gasteiger partial charge in [0.1, 0.15) is 5.82 Å². The lowest BCUT2D eigenvalue weighted by atomic mass is 10.0. The van der Waals surface area contributed by atoms with Crippen molar-refractivity contribution in [3.63, 3.8) is 0 Å². The number of rotatable bonds is 5. The van der Waals surface area contributed by atoms with Gasteiger partial charge in [-0.3, -0.25) is 14.8 Å². The van der Waals surface area contributed by atoms with Crippen molar-refractivity contribution in [2.24, 2.45) is 0 Å². The highest BCUT2D eigenvalue weighted by atomic mass is 19.3. The summed E-state index contributed by atoms with van der Waals surface area (Å²) in [4.78, 5) is 25.9. The van der Waals surface area contributed by atoms with Gasteiger partial charge >= 0.3 is 0 Å². The molecule has 0 aliphatic carbocycles. The predicted molar refractivity (Wildman–Crippen MR) is 121 cm³/mol. The number of alkyl halides is 2. The van der Waals surface area contributed by atoms with Crippen molar-refractivity contribution in [2.45, 2.75) is 19.8 Å².